The summed E-state index contributed by atoms with van der Waals surface area (Å²) >= 11 is 1.67. The second kappa shape index (κ2) is 6.12. The minimum Gasteiger partial charge on any atom is -0.306 e. The summed E-state index contributed by atoms with van der Waals surface area (Å²) in [5, 5.41) is 3.14. The van der Waals surface area contributed by atoms with Crippen molar-refractivity contribution in [2.75, 3.05) is 5.75 Å². The van der Waals surface area contributed by atoms with Crippen LogP contribution in [0.2, 0.25) is 0 Å². The Morgan fingerprint density at radius 2 is 1.86 bits per heavy atom. The number of hydrogen-bond donors (Lipinski definition) is 1. The van der Waals surface area contributed by atoms with E-state index in [1.165, 1.54) is 30.3 Å². The van der Waals surface area contributed by atoms with E-state index in [4.69, 9.17) is 0 Å². The highest BCUT2D eigenvalue weighted by atomic mass is 32.2. The van der Waals surface area contributed by atoms with Crippen LogP contribution in [-0.4, -0.2) is 5.75 Å². The molecule has 1 nitrogen and oxygen atoms in total. The molecule has 1 atom stereocenters. The van der Waals surface area contributed by atoms with Gasteiger partial charge in [-0.3, -0.25) is 0 Å². The van der Waals surface area contributed by atoms with Crippen molar-refractivity contribution in [1.82, 2.24) is 5.32 Å². The van der Waals surface area contributed by atoms with Gasteiger partial charge in [0.2, 0.25) is 0 Å². The number of hydrogen-bond acceptors (Lipinski definition) is 2. The molecule has 110 valence electrons. The van der Waals surface area contributed by atoms with Gasteiger partial charge in [-0.1, -0.05) is 6.07 Å². The maximum Gasteiger partial charge on any atom is 0.130 e. The van der Waals surface area contributed by atoms with Gasteiger partial charge in [0.25, 0.3) is 0 Å². The fraction of sp³-hybridized carbons (Fsp3) is 0.250. The molecule has 0 bridgehead atoms. The Balaban J connectivity index is 1.80. The van der Waals surface area contributed by atoms with E-state index in [0.29, 0.717) is 0 Å². The third kappa shape index (κ3) is 3.09. The Hall–Kier alpha value is -1.46. The standard InChI is InChI=1S/C16H14F3NS/c17-10-4-5-16-11(8-10)15(6-7-21-16)20-9-12-13(18)2-1-3-14(12)19/h1-5,8,15,20H,6-7,9H2. The lowest BCUT2D eigenvalue weighted by Crippen LogP contribution is -2.25. The lowest BCUT2D eigenvalue weighted by molar-refractivity contribution is 0.475. The molecule has 1 heterocycles. The minimum atomic E-state index is -0.563. The lowest BCUT2D eigenvalue weighted by Gasteiger charge is -2.26. The Morgan fingerprint density at radius 3 is 2.62 bits per heavy atom. The first-order valence-corrected chi connectivity index (χ1v) is 7.72. The second-order valence-electron chi connectivity index (χ2n) is 4.95. The molecule has 21 heavy (non-hydrogen) atoms. The van der Waals surface area contributed by atoms with Crippen LogP contribution in [0.1, 0.15) is 23.6 Å². The van der Waals surface area contributed by atoms with E-state index in [-0.39, 0.29) is 24.0 Å². The van der Waals surface area contributed by atoms with E-state index >= 15 is 0 Å². The van der Waals surface area contributed by atoms with E-state index in [1.54, 1.807) is 17.8 Å². The van der Waals surface area contributed by atoms with Gasteiger partial charge < -0.3 is 5.32 Å². The molecule has 1 N–H and O–H groups in total. The number of rotatable bonds is 3. The summed E-state index contributed by atoms with van der Waals surface area (Å²) in [5.74, 6) is -0.518. The van der Waals surface area contributed by atoms with Gasteiger partial charge in [-0.2, -0.15) is 0 Å². The maximum absolute atomic E-state index is 13.6. The number of nitrogens with one attached hydrogen (secondary N) is 1. The van der Waals surface area contributed by atoms with E-state index in [9.17, 15) is 13.2 Å². The van der Waals surface area contributed by atoms with Gasteiger partial charge in [0, 0.05) is 23.0 Å². The fourth-order valence-corrected chi connectivity index (χ4v) is 3.61. The zero-order valence-electron chi connectivity index (χ0n) is 11.2. The molecule has 0 fully saturated rings. The molecule has 0 spiro atoms. The predicted octanol–water partition coefficient (Wildman–Crippen LogP) is 4.43. The van der Waals surface area contributed by atoms with Crippen molar-refractivity contribution < 1.29 is 13.2 Å². The van der Waals surface area contributed by atoms with Crippen molar-refractivity contribution in [3.8, 4) is 0 Å². The minimum absolute atomic E-state index is 0.0219. The molecule has 0 amide bonds. The molecule has 0 radical (unpaired) electrons. The van der Waals surface area contributed by atoms with Crippen molar-refractivity contribution in [1.29, 1.82) is 0 Å². The third-order valence-corrected chi connectivity index (χ3v) is 4.72. The largest absolute Gasteiger partial charge is 0.306 e. The number of thioether (sulfide) groups is 1. The van der Waals surface area contributed by atoms with Crippen LogP contribution in [0.25, 0.3) is 0 Å². The molecule has 2 aromatic rings. The lowest BCUT2D eigenvalue weighted by atomic mass is 10.0. The molecule has 0 saturated heterocycles. The normalized spacial score (nSPS) is 17.6. The number of halogens is 3. The van der Waals surface area contributed by atoms with Gasteiger partial charge in [-0.05, 0) is 48.1 Å². The Bertz CT molecular complexity index is 640. The van der Waals surface area contributed by atoms with E-state index in [1.807, 2.05) is 0 Å². The van der Waals surface area contributed by atoms with E-state index in [0.717, 1.165) is 22.6 Å². The fourth-order valence-electron chi connectivity index (χ4n) is 2.50. The Labute approximate surface area is 125 Å². The highest BCUT2D eigenvalue weighted by Crippen LogP contribution is 2.36. The summed E-state index contributed by atoms with van der Waals surface area (Å²) in [4.78, 5) is 1.02. The quantitative estimate of drug-likeness (QED) is 0.900. The van der Waals surface area contributed by atoms with Crippen molar-refractivity contribution in [3.63, 3.8) is 0 Å². The van der Waals surface area contributed by atoms with Crippen molar-refractivity contribution in [2.24, 2.45) is 0 Å². The molecular formula is C16H14F3NS. The highest BCUT2D eigenvalue weighted by Gasteiger charge is 2.21. The Morgan fingerprint density at radius 1 is 1.10 bits per heavy atom. The number of fused-ring (bicyclic) bond motifs is 1. The molecule has 0 saturated carbocycles. The molecule has 0 aromatic heterocycles. The molecule has 1 aliphatic heterocycles. The smallest absolute Gasteiger partial charge is 0.130 e. The highest BCUT2D eigenvalue weighted by molar-refractivity contribution is 7.99. The average molecular weight is 309 g/mol. The van der Waals surface area contributed by atoms with Gasteiger partial charge in [-0.15, -0.1) is 11.8 Å². The first kappa shape index (κ1) is 14.5. The summed E-state index contributed by atoms with van der Waals surface area (Å²) in [7, 11) is 0. The summed E-state index contributed by atoms with van der Waals surface area (Å²) in [6.45, 7) is 0.0871. The first-order chi connectivity index (χ1) is 10.1. The second-order valence-corrected chi connectivity index (χ2v) is 6.09. The van der Waals surface area contributed by atoms with Gasteiger partial charge in [0.15, 0.2) is 0 Å². The average Bonchev–Trinajstić information content (AvgIpc) is 2.47. The third-order valence-electron chi connectivity index (χ3n) is 3.60. The maximum atomic E-state index is 13.6. The van der Waals surface area contributed by atoms with Crippen molar-refractivity contribution in [2.45, 2.75) is 23.9 Å². The molecule has 2 aromatic carbocycles. The zero-order chi connectivity index (χ0) is 14.8. The van der Waals surface area contributed by atoms with Crippen LogP contribution >= 0.6 is 11.8 Å². The molecule has 1 aliphatic rings. The number of benzene rings is 2. The zero-order valence-corrected chi connectivity index (χ0v) is 12.0. The topological polar surface area (TPSA) is 12.0 Å². The van der Waals surface area contributed by atoms with E-state index < -0.39 is 11.6 Å². The van der Waals surface area contributed by atoms with Crippen LogP contribution in [0.15, 0.2) is 41.3 Å². The van der Waals surface area contributed by atoms with Crippen molar-refractivity contribution in [3.05, 3.63) is 65.0 Å². The molecule has 5 heteroatoms. The van der Waals surface area contributed by atoms with Crippen molar-refractivity contribution >= 4 is 11.8 Å². The Kier molecular flexibility index (Phi) is 4.22. The van der Waals surface area contributed by atoms with Crippen LogP contribution in [0.3, 0.4) is 0 Å². The summed E-state index contributed by atoms with van der Waals surface area (Å²) in [6.07, 6.45) is 0.803. The van der Waals surface area contributed by atoms with Crippen LogP contribution < -0.4 is 5.32 Å². The van der Waals surface area contributed by atoms with E-state index in [2.05, 4.69) is 5.32 Å². The van der Waals surface area contributed by atoms with Gasteiger partial charge in [-0.25, -0.2) is 13.2 Å². The first-order valence-electron chi connectivity index (χ1n) is 6.73. The van der Waals surface area contributed by atoms with Crippen LogP contribution in [-0.2, 0) is 6.54 Å². The molecule has 1 unspecified atom stereocenters. The van der Waals surface area contributed by atoms with Gasteiger partial charge >= 0.3 is 0 Å². The molecule has 0 aliphatic carbocycles. The van der Waals surface area contributed by atoms with Gasteiger partial charge in [0.1, 0.15) is 17.5 Å². The summed E-state index contributed by atoms with van der Waals surface area (Å²) < 4.78 is 40.6. The SMILES string of the molecule is Fc1ccc2c(c1)C(NCc1c(F)cccc1F)CCS2. The predicted molar refractivity (Wildman–Crippen MR) is 77.7 cm³/mol. The summed E-state index contributed by atoms with van der Waals surface area (Å²) in [6, 6.07) is 8.43. The summed E-state index contributed by atoms with van der Waals surface area (Å²) in [5.41, 5.74) is 0.886. The van der Waals surface area contributed by atoms with Gasteiger partial charge in [0.05, 0.1) is 0 Å². The molecular weight excluding hydrogens is 295 g/mol. The van der Waals surface area contributed by atoms with Crippen LogP contribution in [0.4, 0.5) is 13.2 Å². The monoisotopic (exact) mass is 309 g/mol. The molecule has 3 rings (SSSR count). The van der Waals surface area contributed by atoms with Crippen LogP contribution in [0, 0.1) is 17.5 Å². The van der Waals surface area contributed by atoms with Crippen LogP contribution in [0.5, 0.6) is 0 Å².